The standard InChI is InChI=1S/C27H31N3O3/c31-26(22-16-10-12-18(13-11-16)24(22)29-27(32)33)30-15-14-20-23(17-6-2-1-3-7-17)28-21-9-5-4-8-19(21)25(20)30/h1-9,16,18,20,22-25,28-29H,10-15H2,(H,32,33)/t16?,18?,20?,22-,23?,24+,25?/m0/s1. The molecule has 7 rings (SSSR count). The number of para-hydroxylation sites is 1. The number of rotatable bonds is 3. The zero-order chi connectivity index (χ0) is 22.5. The van der Waals surface area contributed by atoms with Gasteiger partial charge in [0.2, 0.25) is 5.91 Å². The Bertz CT molecular complexity index is 1050. The number of carboxylic acid groups (broad SMARTS) is 1. The third-order valence-electron chi connectivity index (χ3n) is 8.70. The zero-order valence-corrected chi connectivity index (χ0v) is 18.7. The summed E-state index contributed by atoms with van der Waals surface area (Å²) in [6.45, 7) is 0.723. The van der Waals surface area contributed by atoms with E-state index in [-0.39, 0.29) is 47.7 Å². The molecule has 2 amide bonds. The molecule has 6 heteroatoms. The fraction of sp³-hybridized carbons (Fsp3) is 0.481. The van der Waals surface area contributed by atoms with Crippen molar-refractivity contribution < 1.29 is 14.7 Å². The molecule has 0 radical (unpaired) electrons. The molecule has 4 fully saturated rings. The van der Waals surface area contributed by atoms with Gasteiger partial charge in [0.25, 0.3) is 0 Å². The second kappa shape index (κ2) is 8.08. The molecule has 3 saturated carbocycles. The minimum Gasteiger partial charge on any atom is -0.465 e. The maximum absolute atomic E-state index is 14.2. The molecule has 33 heavy (non-hydrogen) atoms. The first-order valence-corrected chi connectivity index (χ1v) is 12.3. The van der Waals surface area contributed by atoms with Crippen molar-refractivity contribution in [2.45, 2.75) is 50.2 Å². The van der Waals surface area contributed by atoms with Gasteiger partial charge in [0.1, 0.15) is 0 Å². The van der Waals surface area contributed by atoms with E-state index < -0.39 is 6.09 Å². The molecule has 2 aromatic carbocycles. The maximum atomic E-state index is 14.2. The average Bonchev–Trinajstić information content (AvgIpc) is 3.30. The monoisotopic (exact) mass is 445 g/mol. The third kappa shape index (κ3) is 3.38. The maximum Gasteiger partial charge on any atom is 0.404 e. The topological polar surface area (TPSA) is 81.7 Å². The van der Waals surface area contributed by atoms with Gasteiger partial charge in [-0.25, -0.2) is 4.79 Å². The number of nitrogens with zero attached hydrogens (tertiary/aromatic N) is 1. The van der Waals surface area contributed by atoms with Crippen molar-refractivity contribution in [1.29, 1.82) is 0 Å². The first kappa shape index (κ1) is 20.6. The Morgan fingerprint density at radius 1 is 0.909 bits per heavy atom. The lowest BCUT2D eigenvalue weighted by molar-refractivity contribution is -0.144. The number of anilines is 1. The van der Waals surface area contributed by atoms with Gasteiger partial charge in [-0.1, -0.05) is 48.5 Å². The molecule has 5 atom stereocenters. The summed E-state index contributed by atoms with van der Waals surface area (Å²) >= 11 is 0. The van der Waals surface area contributed by atoms with Crippen LogP contribution in [0.15, 0.2) is 54.6 Å². The van der Waals surface area contributed by atoms with Crippen LogP contribution >= 0.6 is 0 Å². The minimum atomic E-state index is -1.01. The first-order valence-electron chi connectivity index (χ1n) is 12.3. The Balaban J connectivity index is 1.36. The highest BCUT2D eigenvalue weighted by atomic mass is 16.4. The molecule has 6 nitrogen and oxygen atoms in total. The van der Waals surface area contributed by atoms with E-state index in [9.17, 15) is 14.7 Å². The number of benzene rings is 2. The number of fused-ring (bicyclic) bond motifs is 6. The van der Waals surface area contributed by atoms with Crippen LogP contribution in [-0.4, -0.2) is 34.6 Å². The molecule has 172 valence electrons. The Labute approximate surface area is 194 Å². The van der Waals surface area contributed by atoms with Crippen LogP contribution in [0, 0.1) is 23.7 Å². The van der Waals surface area contributed by atoms with E-state index in [0.717, 1.165) is 44.3 Å². The molecule has 2 aliphatic heterocycles. The lowest BCUT2D eigenvalue weighted by atomic mass is 9.61. The van der Waals surface area contributed by atoms with E-state index in [1.54, 1.807) is 0 Å². The Morgan fingerprint density at radius 2 is 1.61 bits per heavy atom. The molecule has 2 heterocycles. The second-order valence-electron chi connectivity index (χ2n) is 10.2. The molecule has 5 aliphatic rings. The molecular formula is C27H31N3O3. The summed E-state index contributed by atoms with van der Waals surface area (Å²) in [6.07, 6.45) is 4.04. The van der Waals surface area contributed by atoms with E-state index in [1.165, 1.54) is 11.1 Å². The summed E-state index contributed by atoms with van der Waals surface area (Å²) in [7, 11) is 0. The van der Waals surface area contributed by atoms with Gasteiger partial charge in [0.15, 0.2) is 0 Å². The highest BCUT2D eigenvalue weighted by molar-refractivity contribution is 5.82. The number of carbonyl (C=O) groups excluding carboxylic acids is 1. The van der Waals surface area contributed by atoms with E-state index in [1.807, 2.05) is 12.1 Å². The van der Waals surface area contributed by atoms with Gasteiger partial charge >= 0.3 is 6.09 Å². The summed E-state index contributed by atoms with van der Waals surface area (Å²) in [6, 6.07) is 18.8. The van der Waals surface area contributed by atoms with Gasteiger partial charge in [-0.3, -0.25) is 4.79 Å². The summed E-state index contributed by atoms with van der Waals surface area (Å²) in [5.41, 5.74) is 3.53. The number of nitrogens with one attached hydrogen (secondary N) is 2. The highest BCUT2D eigenvalue weighted by Gasteiger charge is 2.53. The summed E-state index contributed by atoms with van der Waals surface area (Å²) in [4.78, 5) is 27.8. The second-order valence-corrected chi connectivity index (χ2v) is 10.2. The van der Waals surface area contributed by atoms with Gasteiger partial charge in [-0.15, -0.1) is 0 Å². The van der Waals surface area contributed by atoms with Gasteiger partial charge < -0.3 is 20.6 Å². The van der Waals surface area contributed by atoms with Crippen LogP contribution in [0.4, 0.5) is 10.5 Å². The van der Waals surface area contributed by atoms with Crippen molar-refractivity contribution in [2.75, 3.05) is 11.9 Å². The molecule has 1 saturated heterocycles. The molecular weight excluding hydrogens is 414 g/mol. The number of hydrogen-bond donors (Lipinski definition) is 3. The van der Waals surface area contributed by atoms with Gasteiger partial charge in [0.05, 0.1) is 18.0 Å². The molecule has 3 N–H and O–H groups in total. The van der Waals surface area contributed by atoms with Crippen LogP contribution in [0.5, 0.6) is 0 Å². The van der Waals surface area contributed by atoms with E-state index in [0.29, 0.717) is 0 Å². The Kier molecular flexibility index (Phi) is 5.04. The lowest BCUT2D eigenvalue weighted by Crippen LogP contribution is -2.58. The molecule has 2 bridgehead atoms. The fourth-order valence-electron chi connectivity index (χ4n) is 7.31. The number of carbonyl (C=O) groups is 2. The van der Waals surface area contributed by atoms with E-state index >= 15 is 0 Å². The largest absolute Gasteiger partial charge is 0.465 e. The number of hydrogen-bond acceptors (Lipinski definition) is 3. The minimum absolute atomic E-state index is 0.0195. The summed E-state index contributed by atoms with van der Waals surface area (Å²) in [5, 5.41) is 16.0. The first-order chi connectivity index (χ1) is 16.1. The van der Waals surface area contributed by atoms with Crippen molar-refractivity contribution in [3.05, 3.63) is 65.7 Å². The average molecular weight is 446 g/mol. The van der Waals surface area contributed by atoms with Crippen LogP contribution in [0.2, 0.25) is 0 Å². The van der Waals surface area contributed by atoms with E-state index in [2.05, 4.69) is 58.0 Å². The fourth-order valence-corrected chi connectivity index (χ4v) is 7.31. The molecule has 0 spiro atoms. The number of likely N-dealkylation sites (tertiary alicyclic amines) is 1. The van der Waals surface area contributed by atoms with Crippen LogP contribution in [0.1, 0.15) is 55.3 Å². The van der Waals surface area contributed by atoms with Gasteiger partial charge in [-0.05, 0) is 61.1 Å². The molecule has 2 aromatic rings. The Hall–Kier alpha value is -3.02. The van der Waals surface area contributed by atoms with Gasteiger partial charge in [-0.2, -0.15) is 0 Å². The number of amides is 2. The predicted octanol–water partition coefficient (Wildman–Crippen LogP) is 4.82. The van der Waals surface area contributed by atoms with Crippen molar-refractivity contribution in [3.8, 4) is 0 Å². The quantitative estimate of drug-likeness (QED) is 0.633. The zero-order valence-electron chi connectivity index (χ0n) is 18.7. The van der Waals surface area contributed by atoms with Crippen LogP contribution in [-0.2, 0) is 4.79 Å². The van der Waals surface area contributed by atoms with Crippen LogP contribution < -0.4 is 10.6 Å². The molecule has 3 aliphatic carbocycles. The SMILES string of the molecule is O=C(O)N[C@@H]1C2CCC(CC2)[C@@H]1C(=O)N1CCC2C(c3ccccc3)Nc3ccccc3C21. The van der Waals surface area contributed by atoms with Gasteiger partial charge in [0, 0.05) is 24.2 Å². The summed E-state index contributed by atoms with van der Waals surface area (Å²) in [5.74, 6) is 0.748. The van der Waals surface area contributed by atoms with Crippen LogP contribution in [0.3, 0.4) is 0 Å². The molecule has 0 aromatic heterocycles. The normalized spacial score (nSPS) is 34.2. The highest BCUT2D eigenvalue weighted by Crippen LogP contribution is 2.53. The smallest absolute Gasteiger partial charge is 0.404 e. The van der Waals surface area contributed by atoms with Crippen molar-refractivity contribution in [3.63, 3.8) is 0 Å². The predicted molar refractivity (Wildman–Crippen MR) is 126 cm³/mol. The van der Waals surface area contributed by atoms with Crippen LogP contribution in [0.25, 0.3) is 0 Å². The Morgan fingerprint density at radius 3 is 2.36 bits per heavy atom. The summed E-state index contributed by atoms with van der Waals surface area (Å²) < 4.78 is 0. The van der Waals surface area contributed by atoms with Crippen molar-refractivity contribution in [1.82, 2.24) is 10.2 Å². The van der Waals surface area contributed by atoms with Crippen molar-refractivity contribution in [2.24, 2.45) is 23.7 Å². The molecule has 3 unspecified atom stereocenters. The van der Waals surface area contributed by atoms with Crippen molar-refractivity contribution >= 4 is 17.7 Å². The lowest BCUT2D eigenvalue weighted by Gasteiger charge is -2.49. The van der Waals surface area contributed by atoms with E-state index in [4.69, 9.17) is 0 Å². The third-order valence-corrected chi connectivity index (χ3v) is 8.70.